The lowest BCUT2D eigenvalue weighted by atomic mass is 10.1. The Bertz CT molecular complexity index is 592. The van der Waals surface area contributed by atoms with Crippen molar-refractivity contribution in [1.82, 2.24) is 15.2 Å². The molecule has 1 fully saturated rings. The molecule has 0 radical (unpaired) electrons. The summed E-state index contributed by atoms with van der Waals surface area (Å²) in [5.41, 5.74) is 0.594. The van der Waals surface area contributed by atoms with Crippen molar-refractivity contribution in [2.75, 3.05) is 13.1 Å². The SMILES string of the molecule is Cc1nc(Cl)ccc1C(=O)N1CC(NC(=O)OC(C)(C)C)C1. The lowest BCUT2D eigenvalue weighted by Crippen LogP contribution is -2.61. The summed E-state index contributed by atoms with van der Waals surface area (Å²) >= 11 is 5.78. The minimum absolute atomic E-state index is 0.0839. The molecule has 2 amide bonds. The summed E-state index contributed by atoms with van der Waals surface area (Å²) in [6, 6.07) is 3.18. The Morgan fingerprint density at radius 1 is 1.36 bits per heavy atom. The standard InChI is InChI=1S/C15H20ClN3O3/c1-9-11(5-6-12(16)17-9)13(20)19-7-10(8-19)18-14(21)22-15(2,3)4/h5-6,10H,7-8H2,1-4H3,(H,18,21). The monoisotopic (exact) mass is 325 g/mol. The van der Waals surface area contributed by atoms with Crippen molar-refractivity contribution in [1.29, 1.82) is 0 Å². The van der Waals surface area contributed by atoms with Gasteiger partial charge >= 0.3 is 6.09 Å². The number of aryl methyl sites for hydroxylation is 1. The van der Waals surface area contributed by atoms with E-state index in [9.17, 15) is 9.59 Å². The molecular weight excluding hydrogens is 306 g/mol. The molecule has 0 aromatic carbocycles. The van der Waals surface area contributed by atoms with Gasteiger partial charge in [-0.2, -0.15) is 0 Å². The summed E-state index contributed by atoms with van der Waals surface area (Å²) in [5, 5.41) is 3.10. The van der Waals surface area contributed by atoms with Gasteiger partial charge in [0.15, 0.2) is 0 Å². The third-order valence-electron chi connectivity index (χ3n) is 3.17. The van der Waals surface area contributed by atoms with Gasteiger partial charge in [-0.1, -0.05) is 11.6 Å². The Morgan fingerprint density at radius 3 is 2.55 bits per heavy atom. The van der Waals surface area contributed by atoms with Crippen LogP contribution in [0.2, 0.25) is 5.15 Å². The Hall–Kier alpha value is -1.82. The molecule has 1 aromatic rings. The number of carbonyl (C=O) groups is 2. The summed E-state index contributed by atoms with van der Waals surface area (Å²) < 4.78 is 5.18. The number of rotatable bonds is 2. The van der Waals surface area contributed by atoms with E-state index in [1.807, 2.05) is 0 Å². The molecule has 22 heavy (non-hydrogen) atoms. The van der Waals surface area contributed by atoms with Crippen molar-refractivity contribution >= 4 is 23.6 Å². The zero-order valence-corrected chi connectivity index (χ0v) is 13.9. The predicted molar refractivity (Wildman–Crippen MR) is 83.0 cm³/mol. The number of hydrogen-bond acceptors (Lipinski definition) is 4. The second-order valence-electron chi connectivity index (χ2n) is 6.32. The number of amides is 2. The van der Waals surface area contributed by atoms with Crippen LogP contribution >= 0.6 is 11.6 Å². The van der Waals surface area contributed by atoms with Crippen molar-refractivity contribution in [3.05, 3.63) is 28.5 Å². The average molecular weight is 326 g/mol. The zero-order valence-electron chi connectivity index (χ0n) is 13.1. The number of nitrogens with zero attached hydrogens (tertiary/aromatic N) is 2. The molecule has 0 atom stereocenters. The largest absolute Gasteiger partial charge is 0.444 e. The first-order valence-electron chi connectivity index (χ1n) is 7.07. The van der Waals surface area contributed by atoms with Gasteiger partial charge in [-0.3, -0.25) is 4.79 Å². The third kappa shape index (κ3) is 4.10. The maximum absolute atomic E-state index is 12.3. The van der Waals surface area contributed by atoms with Gasteiger partial charge in [0.2, 0.25) is 0 Å². The Kier molecular flexibility index (Phi) is 4.60. The molecule has 120 valence electrons. The van der Waals surface area contributed by atoms with Crippen molar-refractivity contribution in [3.63, 3.8) is 0 Å². The van der Waals surface area contributed by atoms with Crippen LogP contribution in [-0.2, 0) is 4.74 Å². The fraction of sp³-hybridized carbons (Fsp3) is 0.533. The number of nitrogens with one attached hydrogen (secondary N) is 1. The van der Waals surface area contributed by atoms with Crippen LogP contribution in [0.3, 0.4) is 0 Å². The summed E-state index contributed by atoms with van der Waals surface area (Å²) in [5.74, 6) is -0.107. The van der Waals surface area contributed by atoms with Gasteiger partial charge in [-0.15, -0.1) is 0 Å². The number of aromatic nitrogens is 1. The molecule has 2 rings (SSSR count). The molecule has 2 heterocycles. The van der Waals surface area contributed by atoms with Crippen molar-refractivity contribution < 1.29 is 14.3 Å². The summed E-state index contributed by atoms with van der Waals surface area (Å²) in [6.07, 6.45) is -0.464. The minimum atomic E-state index is -0.532. The van der Waals surface area contributed by atoms with Gasteiger partial charge in [0.1, 0.15) is 10.8 Å². The van der Waals surface area contributed by atoms with E-state index in [2.05, 4.69) is 10.3 Å². The first-order valence-corrected chi connectivity index (χ1v) is 7.45. The number of alkyl carbamates (subject to hydrolysis) is 1. The van der Waals surface area contributed by atoms with E-state index >= 15 is 0 Å². The normalized spacial score (nSPS) is 15.2. The first-order chi connectivity index (χ1) is 10.2. The molecule has 0 bridgehead atoms. The fourth-order valence-electron chi connectivity index (χ4n) is 2.14. The molecule has 0 unspecified atom stereocenters. The van der Waals surface area contributed by atoms with Crippen LogP contribution in [0, 0.1) is 6.92 Å². The maximum atomic E-state index is 12.3. The highest BCUT2D eigenvalue weighted by molar-refractivity contribution is 6.29. The van der Waals surface area contributed by atoms with Crippen molar-refractivity contribution in [3.8, 4) is 0 Å². The highest BCUT2D eigenvalue weighted by atomic mass is 35.5. The summed E-state index contributed by atoms with van der Waals surface area (Å²) in [4.78, 5) is 29.7. The van der Waals surface area contributed by atoms with E-state index in [0.717, 1.165) is 0 Å². The van der Waals surface area contributed by atoms with Gasteiger partial charge in [0.25, 0.3) is 5.91 Å². The van der Waals surface area contributed by atoms with E-state index in [1.54, 1.807) is 44.7 Å². The minimum Gasteiger partial charge on any atom is -0.444 e. The second kappa shape index (κ2) is 6.12. The lowest BCUT2D eigenvalue weighted by molar-refractivity contribution is 0.0358. The zero-order chi connectivity index (χ0) is 16.5. The van der Waals surface area contributed by atoms with Crippen LogP contribution in [0.4, 0.5) is 4.79 Å². The number of ether oxygens (including phenoxy) is 1. The molecule has 1 aromatic heterocycles. The smallest absolute Gasteiger partial charge is 0.407 e. The molecule has 1 aliphatic heterocycles. The maximum Gasteiger partial charge on any atom is 0.407 e. The molecular formula is C15H20ClN3O3. The van der Waals surface area contributed by atoms with Crippen LogP contribution in [0.15, 0.2) is 12.1 Å². The highest BCUT2D eigenvalue weighted by Crippen LogP contribution is 2.17. The van der Waals surface area contributed by atoms with Crippen molar-refractivity contribution in [2.24, 2.45) is 0 Å². The second-order valence-corrected chi connectivity index (χ2v) is 6.71. The van der Waals surface area contributed by atoms with Crippen LogP contribution < -0.4 is 5.32 Å². The Balaban J connectivity index is 1.86. The van der Waals surface area contributed by atoms with E-state index in [4.69, 9.17) is 16.3 Å². The fourth-order valence-corrected chi connectivity index (χ4v) is 2.33. The quantitative estimate of drug-likeness (QED) is 0.847. The number of hydrogen-bond donors (Lipinski definition) is 1. The summed E-state index contributed by atoms with van der Waals surface area (Å²) in [7, 11) is 0. The van der Waals surface area contributed by atoms with E-state index < -0.39 is 11.7 Å². The van der Waals surface area contributed by atoms with Crippen molar-refractivity contribution in [2.45, 2.75) is 39.3 Å². The number of pyridine rings is 1. The molecule has 0 spiro atoms. The molecule has 0 aliphatic carbocycles. The molecule has 6 nitrogen and oxygen atoms in total. The predicted octanol–water partition coefficient (Wildman–Crippen LogP) is 2.39. The van der Waals surface area contributed by atoms with Gasteiger partial charge in [0, 0.05) is 13.1 Å². The van der Waals surface area contributed by atoms with E-state index in [-0.39, 0.29) is 11.9 Å². The number of carbonyl (C=O) groups excluding carboxylic acids is 2. The average Bonchev–Trinajstić information content (AvgIpc) is 2.30. The van der Waals surface area contributed by atoms with Gasteiger partial charge in [-0.05, 0) is 39.8 Å². The molecule has 1 N–H and O–H groups in total. The molecule has 7 heteroatoms. The van der Waals surface area contributed by atoms with Gasteiger partial charge in [-0.25, -0.2) is 9.78 Å². The van der Waals surface area contributed by atoms with Crippen LogP contribution in [0.25, 0.3) is 0 Å². The van der Waals surface area contributed by atoms with Gasteiger partial charge < -0.3 is 15.0 Å². The number of halogens is 1. The highest BCUT2D eigenvalue weighted by Gasteiger charge is 2.33. The van der Waals surface area contributed by atoms with Crippen LogP contribution in [0.1, 0.15) is 36.8 Å². The van der Waals surface area contributed by atoms with E-state index in [0.29, 0.717) is 29.5 Å². The Morgan fingerprint density at radius 2 is 2.00 bits per heavy atom. The van der Waals surface area contributed by atoms with Crippen LogP contribution in [-0.4, -0.2) is 46.6 Å². The topological polar surface area (TPSA) is 71.5 Å². The Labute approximate surface area is 134 Å². The number of likely N-dealkylation sites (tertiary alicyclic amines) is 1. The summed E-state index contributed by atoms with van der Waals surface area (Å²) in [6.45, 7) is 8.08. The lowest BCUT2D eigenvalue weighted by Gasteiger charge is -2.39. The van der Waals surface area contributed by atoms with Gasteiger partial charge in [0.05, 0.1) is 17.3 Å². The first kappa shape index (κ1) is 16.5. The molecule has 1 aliphatic rings. The third-order valence-corrected chi connectivity index (χ3v) is 3.38. The molecule has 0 saturated carbocycles. The van der Waals surface area contributed by atoms with Crippen LogP contribution in [0.5, 0.6) is 0 Å². The van der Waals surface area contributed by atoms with E-state index in [1.165, 1.54) is 0 Å². The molecule has 1 saturated heterocycles.